The molecule has 0 spiro atoms. The van der Waals surface area contributed by atoms with E-state index in [4.69, 9.17) is 11.6 Å². The van der Waals surface area contributed by atoms with E-state index in [1.807, 2.05) is 6.07 Å². The van der Waals surface area contributed by atoms with Crippen molar-refractivity contribution in [2.45, 2.75) is 25.6 Å². The molecule has 4 rings (SSSR count). The highest BCUT2D eigenvalue weighted by molar-refractivity contribution is 6.31. The highest BCUT2D eigenvalue weighted by atomic mass is 35.5. The Balaban J connectivity index is 1.44. The van der Waals surface area contributed by atoms with Crippen LogP contribution in [0.2, 0.25) is 5.02 Å². The maximum Gasteiger partial charge on any atom is 0.435 e. The molecule has 0 bridgehead atoms. The summed E-state index contributed by atoms with van der Waals surface area (Å²) in [6, 6.07) is 6.95. The normalized spacial score (nSPS) is 15.8. The number of anilines is 1. The van der Waals surface area contributed by atoms with Gasteiger partial charge >= 0.3 is 6.18 Å². The molecule has 2 aromatic heterocycles. The zero-order valence-corrected chi connectivity index (χ0v) is 16.0. The summed E-state index contributed by atoms with van der Waals surface area (Å²) in [5.41, 5.74) is -0.125. The van der Waals surface area contributed by atoms with Gasteiger partial charge in [0, 0.05) is 30.7 Å². The van der Waals surface area contributed by atoms with Gasteiger partial charge in [-0.05, 0) is 43.0 Å². The molecule has 1 aliphatic heterocycles. The van der Waals surface area contributed by atoms with E-state index < -0.39 is 17.4 Å². The molecule has 1 fully saturated rings. The van der Waals surface area contributed by atoms with Crippen molar-refractivity contribution in [3.05, 3.63) is 57.6 Å². The molecule has 29 heavy (non-hydrogen) atoms. The third-order valence-corrected chi connectivity index (χ3v) is 5.25. The zero-order valence-electron chi connectivity index (χ0n) is 15.2. The third kappa shape index (κ3) is 4.34. The standard InChI is InChI=1S/C19H17ClF3N5O/c20-13-1-2-14-15(9-13)24-10-17(25-14)27-7-5-12(6-8-27)11-28-18(29)4-3-16(26-28)19(21,22)23/h1-4,9-10,12H,5-8,11H2. The van der Waals surface area contributed by atoms with Crippen LogP contribution in [-0.2, 0) is 12.7 Å². The highest BCUT2D eigenvalue weighted by Gasteiger charge is 2.33. The van der Waals surface area contributed by atoms with E-state index in [0.29, 0.717) is 42.5 Å². The van der Waals surface area contributed by atoms with Crippen molar-refractivity contribution in [2.24, 2.45) is 5.92 Å². The lowest BCUT2D eigenvalue weighted by atomic mass is 9.97. The molecule has 152 valence electrons. The van der Waals surface area contributed by atoms with Crippen LogP contribution in [0.15, 0.2) is 41.3 Å². The molecule has 0 saturated carbocycles. The molecule has 1 saturated heterocycles. The predicted molar refractivity (Wildman–Crippen MR) is 103 cm³/mol. The minimum atomic E-state index is -4.57. The van der Waals surface area contributed by atoms with Crippen LogP contribution in [0, 0.1) is 5.92 Å². The van der Waals surface area contributed by atoms with Crippen LogP contribution in [0.1, 0.15) is 18.5 Å². The Hall–Kier alpha value is -2.68. The van der Waals surface area contributed by atoms with E-state index in [9.17, 15) is 18.0 Å². The summed E-state index contributed by atoms with van der Waals surface area (Å²) >= 11 is 5.97. The molecular formula is C19H17ClF3N5O. The van der Waals surface area contributed by atoms with Crippen LogP contribution in [0.5, 0.6) is 0 Å². The quantitative estimate of drug-likeness (QED) is 0.641. The average Bonchev–Trinajstić information content (AvgIpc) is 2.69. The van der Waals surface area contributed by atoms with Crippen LogP contribution < -0.4 is 10.5 Å². The summed E-state index contributed by atoms with van der Waals surface area (Å²) in [6.45, 7) is 1.51. The lowest BCUT2D eigenvalue weighted by molar-refractivity contribution is -0.142. The molecule has 3 heterocycles. The number of alkyl halides is 3. The van der Waals surface area contributed by atoms with Crippen molar-refractivity contribution in [3.8, 4) is 0 Å². The summed E-state index contributed by atoms with van der Waals surface area (Å²) < 4.78 is 39.5. The maximum absolute atomic E-state index is 12.8. The van der Waals surface area contributed by atoms with Gasteiger partial charge in [0.2, 0.25) is 0 Å². The summed E-state index contributed by atoms with van der Waals surface area (Å²) in [6.07, 6.45) is -1.45. The molecule has 1 aromatic carbocycles. The molecule has 1 aliphatic rings. The topological polar surface area (TPSA) is 63.9 Å². The number of hydrogen-bond acceptors (Lipinski definition) is 5. The van der Waals surface area contributed by atoms with Gasteiger partial charge in [-0.15, -0.1) is 0 Å². The third-order valence-electron chi connectivity index (χ3n) is 5.02. The highest BCUT2D eigenvalue weighted by Crippen LogP contribution is 2.27. The van der Waals surface area contributed by atoms with Gasteiger partial charge in [0.1, 0.15) is 5.82 Å². The number of fused-ring (bicyclic) bond motifs is 1. The van der Waals surface area contributed by atoms with Crippen molar-refractivity contribution in [3.63, 3.8) is 0 Å². The summed E-state index contributed by atoms with van der Waals surface area (Å²) in [4.78, 5) is 23.0. The van der Waals surface area contributed by atoms with E-state index in [0.717, 1.165) is 22.1 Å². The number of nitrogens with zero attached hydrogens (tertiary/aromatic N) is 5. The Morgan fingerprint density at radius 3 is 2.59 bits per heavy atom. The second-order valence-electron chi connectivity index (χ2n) is 7.03. The van der Waals surface area contributed by atoms with Gasteiger partial charge in [0.15, 0.2) is 5.69 Å². The first-order valence-electron chi connectivity index (χ1n) is 9.12. The number of halogens is 4. The maximum atomic E-state index is 12.8. The van der Waals surface area contributed by atoms with Crippen LogP contribution >= 0.6 is 11.6 Å². The van der Waals surface area contributed by atoms with E-state index in [1.54, 1.807) is 18.3 Å². The van der Waals surface area contributed by atoms with E-state index in [1.165, 1.54) is 0 Å². The Kier molecular flexibility index (Phi) is 5.16. The van der Waals surface area contributed by atoms with Crippen LogP contribution in [0.4, 0.5) is 19.0 Å². The lowest BCUT2D eigenvalue weighted by Gasteiger charge is -2.32. The predicted octanol–water partition coefficient (Wildman–Crippen LogP) is 3.78. The molecular weight excluding hydrogens is 407 g/mol. The van der Waals surface area contributed by atoms with Crippen LogP contribution in [-0.4, -0.2) is 32.8 Å². The number of benzene rings is 1. The van der Waals surface area contributed by atoms with E-state index in [-0.39, 0.29) is 12.5 Å². The Morgan fingerprint density at radius 2 is 1.86 bits per heavy atom. The molecule has 0 aliphatic carbocycles. The largest absolute Gasteiger partial charge is 0.435 e. The minimum absolute atomic E-state index is 0.0622. The van der Waals surface area contributed by atoms with Gasteiger partial charge in [0.25, 0.3) is 5.56 Å². The number of rotatable bonds is 3. The van der Waals surface area contributed by atoms with Gasteiger partial charge < -0.3 is 4.90 Å². The van der Waals surface area contributed by atoms with E-state index >= 15 is 0 Å². The van der Waals surface area contributed by atoms with Crippen LogP contribution in [0.3, 0.4) is 0 Å². The van der Waals surface area contributed by atoms with Crippen molar-refractivity contribution in [1.29, 1.82) is 0 Å². The Labute approximate surface area is 168 Å². The minimum Gasteiger partial charge on any atom is -0.355 e. The van der Waals surface area contributed by atoms with Crippen molar-refractivity contribution < 1.29 is 13.2 Å². The number of hydrogen-bond donors (Lipinski definition) is 0. The number of piperidine rings is 1. The van der Waals surface area contributed by atoms with Gasteiger partial charge in [-0.3, -0.25) is 9.78 Å². The van der Waals surface area contributed by atoms with Gasteiger partial charge in [0.05, 0.1) is 17.2 Å². The first kappa shape index (κ1) is 19.6. The molecule has 6 nitrogen and oxygen atoms in total. The van der Waals surface area contributed by atoms with Gasteiger partial charge in [-0.25, -0.2) is 9.67 Å². The van der Waals surface area contributed by atoms with Crippen LogP contribution in [0.25, 0.3) is 11.0 Å². The van der Waals surface area contributed by atoms with E-state index in [2.05, 4.69) is 20.0 Å². The molecule has 0 unspecified atom stereocenters. The van der Waals surface area contributed by atoms with Crippen molar-refractivity contribution in [1.82, 2.24) is 19.7 Å². The van der Waals surface area contributed by atoms with Crippen molar-refractivity contribution in [2.75, 3.05) is 18.0 Å². The molecule has 0 atom stereocenters. The Bertz CT molecular complexity index is 1090. The first-order chi connectivity index (χ1) is 13.8. The Morgan fingerprint density at radius 1 is 1.10 bits per heavy atom. The molecule has 0 N–H and O–H groups in total. The SMILES string of the molecule is O=c1ccc(C(F)(F)F)nn1CC1CCN(c2cnc3cc(Cl)ccc3n2)CC1. The van der Waals surface area contributed by atoms with Gasteiger partial charge in [-0.2, -0.15) is 18.3 Å². The fraction of sp³-hybridized carbons (Fsp3) is 0.368. The zero-order chi connectivity index (χ0) is 20.6. The fourth-order valence-electron chi connectivity index (χ4n) is 3.45. The monoisotopic (exact) mass is 423 g/mol. The smallest absolute Gasteiger partial charge is 0.355 e. The molecule has 10 heteroatoms. The first-order valence-corrected chi connectivity index (χ1v) is 9.50. The second-order valence-corrected chi connectivity index (χ2v) is 7.46. The number of aromatic nitrogens is 4. The second kappa shape index (κ2) is 7.62. The summed E-state index contributed by atoms with van der Waals surface area (Å²) in [5, 5.41) is 4.08. The van der Waals surface area contributed by atoms with Crippen molar-refractivity contribution >= 4 is 28.5 Å². The summed E-state index contributed by atoms with van der Waals surface area (Å²) in [7, 11) is 0. The lowest BCUT2D eigenvalue weighted by Crippen LogP contribution is -2.37. The molecule has 3 aromatic rings. The summed E-state index contributed by atoms with van der Waals surface area (Å²) in [5.74, 6) is 0.805. The molecule has 0 amide bonds. The average molecular weight is 424 g/mol. The van der Waals surface area contributed by atoms with Gasteiger partial charge in [-0.1, -0.05) is 11.6 Å². The fourth-order valence-corrected chi connectivity index (χ4v) is 3.61. The molecule has 0 radical (unpaired) electrons.